The highest BCUT2D eigenvalue weighted by molar-refractivity contribution is 7.15. The summed E-state index contributed by atoms with van der Waals surface area (Å²) in [6.07, 6.45) is 3.97. The van der Waals surface area contributed by atoms with E-state index in [0.29, 0.717) is 32.8 Å². The van der Waals surface area contributed by atoms with Crippen molar-refractivity contribution in [3.05, 3.63) is 40.4 Å². The van der Waals surface area contributed by atoms with Crippen LogP contribution in [0.25, 0.3) is 0 Å². The van der Waals surface area contributed by atoms with E-state index in [1.807, 2.05) is 0 Å². The molecule has 2 aromatic rings. The summed E-state index contributed by atoms with van der Waals surface area (Å²) in [5, 5.41) is 4.29. The fourth-order valence-electron chi connectivity index (χ4n) is 3.81. The Hall–Kier alpha value is -1.63. The Kier molecular flexibility index (Phi) is 4.67. The van der Waals surface area contributed by atoms with Crippen LogP contribution in [0.15, 0.2) is 30.5 Å². The number of fused-ring (bicyclic) bond motifs is 3. The fourth-order valence-corrected chi connectivity index (χ4v) is 4.73. The van der Waals surface area contributed by atoms with Gasteiger partial charge in [-0.3, -0.25) is 9.69 Å². The molecule has 0 aromatic carbocycles. The molecule has 3 saturated heterocycles. The van der Waals surface area contributed by atoms with E-state index in [1.54, 1.807) is 30.5 Å². The first-order valence-electron chi connectivity index (χ1n) is 8.55. The summed E-state index contributed by atoms with van der Waals surface area (Å²) in [6.45, 7) is 4.52. The van der Waals surface area contributed by atoms with Crippen molar-refractivity contribution in [3.8, 4) is 10.9 Å². The van der Waals surface area contributed by atoms with Crippen molar-refractivity contribution in [3.63, 3.8) is 0 Å². The predicted molar refractivity (Wildman–Crippen MR) is 98.7 cm³/mol. The Morgan fingerprint density at radius 1 is 1.36 bits per heavy atom. The van der Waals surface area contributed by atoms with E-state index in [-0.39, 0.29) is 11.9 Å². The normalized spacial score (nSPS) is 27.9. The Morgan fingerprint density at radius 2 is 2.16 bits per heavy atom. The number of nitrogens with zero attached hydrogens (tertiary/aromatic N) is 2. The van der Waals surface area contributed by atoms with Gasteiger partial charge in [0.2, 0.25) is 5.88 Å². The molecule has 2 aromatic heterocycles. The highest BCUT2D eigenvalue weighted by atomic mass is 35.5. The van der Waals surface area contributed by atoms with Gasteiger partial charge >= 0.3 is 0 Å². The standard InChI is InChI=1S/C18H20ClN3O2S/c1-11-16(12-6-9-22(11)10-7-12)21-17(23)14-4-5-15(25-14)24-18-13(19)3-2-8-20-18/h2-5,8,11-12,16H,6-7,9-10H2,1H3,(H,21,23)/t11-,16+/m1/s1. The maximum Gasteiger partial charge on any atom is 0.261 e. The number of piperidine rings is 3. The molecule has 132 valence electrons. The average Bonchev–Trinajstić information content (AvgIpc) is 3.09. The number of carbonyl (C=O) groups is 1. The van der Waals surface area contributed by atoms with Gasteiger partial charge in [0.25, 0.3) is 5.91 Å². The number of aromatic nitrogens is 1. The number of ether oxygens (including phenoxy) is 1. The van der Waals surface area contributed by atoms with Crippen molar-refractivity contribution in [1.82, 2.24) is 15.2 Å². The van der Waals surface area contributed by atoms with Gasteiger partial charge in [0.15, 0.2) is 5.06 Å². The second-order valence-corrected chi connectivity index (χ2v) is 8.08. The van der Waals surface area contributed by atoms with Crippen molar-refractivity contribution in [2.75, 3.05) is 13.1 Å². The van der Waals surface area contributed by atoms with Gasteiger partial charge in [-0.05, 0) is 63.0 Å². The third-order valence-electron chi connectivity index (χ3n) is 5.20. The maximum atomic E-state index is 12.7. The van der Waals surface area contributed by atoms with Crippen LogP contribution in [-0.4, -0.2) is 41.0 Å². The molecule has 3 aliphatic heterocycles. The number of amides is 1. The molecule has 2 atom stereocenters. The first kappa shape index (κ1) is 16.8. The summed E-state index contributed by atoms with van der Waals surface area (Å²) >= 11 is 7.37. The molecule has 1 N–H and O–H groups in total. The number of pyridine rings is 1. The van der Waals surface area contributed by atoms with Crippen LogP contribution < -0.4 is 10.1 Å². The monoisotopic (exact) mass is 377 g/mol. The summed E-state index contributed by atoms with van der Waals surface area (Å²) < 4.78 is 5.69. The maximum absolute atomic E-state index is 12.7. The van der Waals surface area contributed by atoms with Gasteiger partial charge in [-0.1, -0.05) is 22.9 Å². The molecule has 7 heteroatoms. The first-order valence-corrected chi connectivity index (χ1v) is 9.74. The van der Waals surface area contributed by atoms with Crippen LogP contribution in [0.2, 0.25) is 5.02 Å². The highest BCUT2D eigenvalue weighted by Crippen LogP contribution is 2.34. The zero-order valence-electron chi connectivity index (χ0n) is 13.9. The van der Waals surface area contributed by atoms with Gasteiger partial charge < -0.3 is 10.1 Å². The van der Waals surface area contributed by atoms with Crippen LogP contribution in [0.1, 0.15) is 29.4 Å². The Labute approximate surface area is 156 Å². The summed E-state index contributed by atoms with van der Waals surface area (Å²) in [7, 11) is 0. The van der Waals surface area contributed by atoms with Crippen LogP contribution in [0.4, 0.5) is 0 Å². The summed E-state index contributed by atoms with van der Waals surface area (Å²) in [5.74, 6) is 0.911. The molecule has 3 fully saturated rings. The smallest absolute Gasteiger partial charge is 0.261 e. The quantitative estimate of drug-likeness (QED) is 0.880. The Morgan fingerprint density at radius 3 is 2.88 bits per heavy atom. The summed E-state index contributed by atoms with van der Waals surface area (Å²) in [5.41, 5.74) is 0. The SMILES string of the molecule is C[C@@H]1[C@H](NC(=O)c2ccc(Oc3ncccc3Cl)s2)C2CCN1CC2. The van der Waals surface area contributed by atoms with E-state index in [0.717, 1.165) is 13.1 Å². The van der Waals surface area contributed by atoms with Gasteiger partial charge in [0.05, 0.1) is 4.88 Å². The van der Waals surface area contributed by atoms with Crippen LogP contribution in [0.3, 0.4) is 0 Å². The molecule has 25 heavy (non-hydrogen) atoms. The van der Waals surface area contributed by atoms with Gasteiger partial charge in [-0.2, -0.15) is 0 Å². The molecule has 0 spiro atoms. The van der Waals surface area contributed by atoms with E-state index < -0.39 is 0 Å². The number of nitrogens with one attached hydrogen (secondary N) is 1. The second-order valence-electron chi connectivity index (χ2n) is 6.62. The van der Waals surface area contributed by atoms with E-state index >= 15 is 0 Å². The van der Waals surface area contributed by atoms with Gasteiger partial charge in [-0.15, -0.1) is 0 Å². The lowest BCUT2D eigenvalue weighted by Gasteiger charge is -2.49. The van der Waals surface area contributed by atoms with Crippen LogP contribution in [-0.2, 0) is 0 Å². The number of hydrogen-bond donors (Lipinski definition) is 1. The fraction of sp³-hybridized carbons (Fsp3) is 0.444. The average molecular weight is 378 g/mol. The van der Waals surface area contributed by atoms with E-state index in [1.165, 1.54) is 24.2 Å². The van der Waals surface area contributed by atoms with Crippen molar-refractivity contribution in [1.29, 1.82) is 0 Å². The molecule has 0 unspecified atom stereocenters. The number of hydrogen-bond acceptors (Lipinski definition) is 5. The minimum absolute atomic E-state index is 0.0300. The van der Waals surface area contributed by atoms with Crippen LogP contribution in [0, 0.1) is 5.92 Å². The molecule has 5 heterocycles. The zero-order chi connectivity index (χ0) is 17.4. The minimum atomic E-state index is -0.0300. The summed E-state index contributed by atoms with van der Waals surface area (Å²) in [6, 6.07) is 7.67. The molecule has 3 aliphatic rings. The lowest BCUT2D eigenvalue weighted by atomic mass is 9.79. The molecule has 0 aliphatic carbocycles. The third-order valence-corrected chi connectivity index (χ3v) is 6.45. The molecular formula is C18H20ClN3O2S. The Balaban J connectivity index is 1.43. The van der Waals surface area contributed by atoms with Gasteiger partial charge in [-0.25, -0.2) is 4.98 Å². The van der Waals surface area contributed by atoms with Crippen LogP contribution >= 0.6 is 22.9 Å². The number of rotatable bonds is 4. The van der Waals surface area contributed by atoms with Crippen molar-refractivity contribution < 1.29 is 9.53 Å². The van der Waals surface area contributed by atoms with Gasteiger partial charge in [0.1, 0.15) is 5.02 Å². The number of thiophene rings is 1. The largest absolute Gasteiger partial charge is 0.427 e. The Bertz CT molecular complexity index is 771. The summed E-state index contributed by atoms with van der Waals surface area (Å²) in [4.78, 5) is 19.9. The molecule has 2 bridgehead atoms. The molecule has 5 nitrogen and oxygen atoms in total. The van der Waals surface area contributed by atoms with Crippen molar-refractivity contribution in [2.24, 2.45) is 5.92 Å². The highest BCUT2D eigenvalue weighted by Gasteiger charge is 2.40. The molecular weight excluding hydrogens is 358 g/mol. The van der Waals surface area contributed by atoms with Crippen LogP contribution in [0.5, 0.6) is 10.9 Å². The first-order chi connectivity index (χ1) is 12.1. The minimum Gasteiger partial charge on any atom is -0.427 e. The van der Waals surface area contributed by atoms with E-state index in [4.69, 9.17) is 16.3 Å². The zero-order valence-corrected chi connectivity index (χ0v) is 15.5. The van der Waals surface area contributed by atoms with Crippen molar-refractivity contribution >= 4 is 28.8 Å². The van der Waals surface area contributed by atoms with Crippen molar-refractivity contribution in [2.45, 2.75) is 31.8 Å². The lowest BCUT2D eigenvalue weighted by Crippen LogP contribution is -2.62. The molecule has 0 radical (unpaired) electrons. The number of carbonyl (C=O) groups excluding carboxylic acids is 1. The third kappa shape index (κ3) is 3.38. The number of halogens is 1. The lowest BCUT2D eigenvalue weighted by molar-refractivity contribution is 0.0218. The molecule has 1 amide bonds. The molecule has 5 rings (SSSR count). The second kappa shape index (κ2) is 6.94. The van der Waals surface area contributed by atoms with Gasteiger partial charge in [0, 0.05) is 18.3 Å². The topological polar surface area (TPSA) is 54.5 Å². The van der Waals surface area contributed by atoms with E-state index in [9.17, 15) is 4.79 Å². The van der Waals surface area contributed by atoms with E-state index in [2.05, 4.69) is 22.1 Å². The molecule has 0 saturated carbocycles. The predicted octanol–water partition coefficient (Wildman–Crippen LogP) is 3.80.